The summed E-state index contributed by atoms with van der Waals surface area (Å²) in [4.78, 5) is 23.8. The lowest BCUT2D eigenvalue weighted by molar-refractivity contribution is -0.144. The molecule has 0 aliphatic rings. The zero-order valence-electron chi connectivity index (χ0n) is 12.7. The van der Waals surface area contributed by atoms with Gasteiger partial charge in [0.2, 0.25) is 5.91 Å². The second-order valence-electron chi connectivity index (χ2n) is 5.17. The highest BCUT2D eigenvalue weighted by Gasteiger charge is 2.32. The standard InChI is InChI=1S/C13H18F3N3O3/c1-7(12(22)18(4)5-10(20)21)11-8(2)17-19(9(11)3)6-13(14,15)16/h7H,5-6H2,1-4H3,(H,20,21). The number of aromatic nitrogens is 2. The van der Waals surface area contributed by atoms with Gasteiger partial charge in [-0.25, -0.2) is 0 Å². The van der Waals surface area contributed by atoms with Crippen molar-refractivity contribution in [3.63, 3.8) is 0 Å². The number of likely N-dealkylation sites (N-methyl/N-ethyl adjacent to an activating group) is 1. The Balaban J connectivity index is 3.06. The molecule has 0 aromatic carbocycles. The summed E-state index contributed by atoms with van der Waals surface area (Å²) in [5.41, 5.74) is 0.970. The van der Waals surface area contributed by atoms with E-state index in [0.717, 1.165) is 9.58 Å². The van der Waals surface area contributed by atoms with Crippen LogP contribution in [0.3, 0.4) is 0 Å². The molecule has 22 heavy (non-hydrogen) atoms. The second kappa shape index (κ2) is 6.37. The predicted molar refractivity (Wildman–Crippen MR) is 71.4 cm³/mol. The van der Waals surface area contributed by atoms with Crippen LogP contribution in [0.4, 0.5) is 13.2 Å². The monoisotopic (exact) mass is 321 g/mol. The molecular weight excluding hydrogens is 303 g/mol. The molecule has 1 amide bonds. The Bertz CT molecular complexity index is 581. The maximum atomic E-state index is 12.5. The molecule has 0 spiro atoms. The molecule has 0 aliphatic carbocycles. The van der Waals surface area contributed by atoms with Gasteiger partial charge in [0, 0.05) is 18.3 Å². The Morgan fingerprint density at radius 1 is 1.36 bits per heavy atom. The molecule has 1 atom stereocenters. The van der Waals surface area contributed by atoms with E-state index in [1.165, 1.54) is 27.8 Å². The number of carboxylic acid groups (broad SMARTS) is 1. The highest BCUT2D eigenvalue weighted by molar-refractivity contribution is 5.86. The molecule has 124 valence electrons. The number of nitrogens with zero attached hydrogens (tertiary/aromatic N) is 3. The minimum Gasteiger partial charge on any atom is -0.480 e. The number of carbonyl (C=O) groups excluding carboxylic acids is 1. The van der Waals surface area contributed by atoms with Crippen LogP contribution >= 0.6 is 0 Å². The van der Waals surface area contributed by atoms with E-state index in [-0.39, 0.29) is 5.69 Å². The molecule has 1 heterocycles. The summed E-state index contributed by atoms with van der Waals surface area (Å²) in [5, 5.41) is 12.5. The van der Waals surface area contributed by atoms with Gasteiger partial charge in [-0.05, 0) is 20.8 Å². The third-order valence-electron chi connectivity index (χ3n) is 3.32. The molecule has 0 radical (unpaired) electrons. The summed E-state index contributed by atoms with van der Waals surface area (Å²) in [6, 6.07) is 0. The van der Waals surface area contributed by atoms with Gasteiger partial charge in [0.1, 0.15) is 13.1 Å². The quantitative estimate of drug-likeness (QED) is 0.896. The largest absolute Gasteiger partial charge is 0.480 e. The van der Waals surface area contributed by atoms with E-state index in [2.05, 4.69) is 5.10 Å². The maximum Gasteiger partial charge on any atom is 0.408 e. The van der Waals surface area contributed by atoms with Crippen LogP contribution in [0.15, 0.2) is 0 Å². The number of hydrogen-bond donors (Lipinski definition) is 1. The van der Waals surface area contributed by atoms with Gasteiger partial charge < -0.3 is 10.0 Å². The average molecular weight is 321 g/mol. The van der Waals surface area contributed by atoms with Gasteiger partial charge in [0.25, 0.3) is 0 Å². The first-order valence-electron chi connectivity index (χ1n) is 6.51. The average Bonchev–Trinajstić information content (AvgIpc) is 2.59. The molecule has 1 aromatic rings. The molecular formula is C13H18F3N3O3. The van der Waals surface area contributed by atoms with Crippen molar-refractivity contribution < 1.29 is 27.9 Å². The fraction of sp³-hybridized carbons (Fsp3) is 0.615. The van der Waals surface area contributed by atoms with Gasteiger partial charge >= 0.3 is 12.1 Å². The van der Waals surface area contributed by atoms with Gasteiger partial charge in [-0.1, -0.05) is 0 Å². The molecule has 1 aromatic heterocycles. The fourth-order valence-corrected chi connectivity index (χ4v) is 2.40. The topological polar surface area (TPSA) is 75.4 Å². The number of carbonyl (C=O) groups is 2. The van der Waals surface area contributed by atoms with Crippen LogP contribution in [0.5, 0.6) is 0 Å². The molecule has 9 heteroatoms. The van der Waals surface area contributed by atoms with E-state index in [9.17, 15) is 22.8 Å². The van der Waals surface area contributed by atoms with E-state index in [0.29, 0.717) is 11.3 Å². The summed E-state index contributed by atoms with van der Waals surface area (Å²) in [5.74, 6) is -2.42. The summed E-state index contributed by atoms with van der Waals surface area (Å²) >= 11 is 0. The SMILES string of the molecule is Cc1nn(CC(F)(F)F)c(C)c1C(C)C(=O)N(C)CC(=O)O. The predicted octanol–water partition coefficient (Wildman–Crippen LogP) is 1.71. The van der Waals surface area contributed by atoms with Crippen LogP contribution in [0.25, 0.3) is 0 Å². The lowest BCUT2D eigenvalue weighted by Gasteiger charge is -2.20. The van der Waals surface area contributed by atoms with Crippen molar-refractivity contribution in [2.45, 2.75) is 39.4 Å². The van der Waals surface area contributed by atoms with Gasteiger partial charge in [-0.15, -0.1) is 0 Å². The van der Waals surface area contributed by atoms with Crippen LogP contribution in [0.1, 0.15) is 29.8 Å². The number of rotatable bonds is 5. The van der Waals surface area contributed by atoms with E-state index >= 15 is 0 Å². The normalized spacial score (nSPS) is 13.0. The molecule has 0 bridgehead atoms. The number of amides is 1. The summed E-state index contributed by atoms with van der Waals surface area (Å²) in [6.07, 6.45) is -4.41. The molecule has 1 rings (SSSR count). The Kier molecular flexibility index (Phi) is 5.21. The van der Waals surface area contributed by atoms with Crippen LogP contribution in [0.2, 0.25) is 0 Å². The molecule has 1 N–H and O–H groups in total. The second-order valence-corrected chi connectivity index (χ2v) is 5.17. The Morgan fingerprint density at radius 2 is 1.91 bits per heavy atom. The zero-order valence-corrected chi connectivity index (χ0v) is 12.7. The highest BCUT2D eigenvalue weighted by Crippen LogP contribution is 2.27. The number of halogens is 3. The summed E-state index contributed by atoms with van der Waals surface area (Å²) in [6.45, 7) is 2.80. The number of carboxylic acids is 1. The molecule has 0 fully saturated rings. The Labute approximate surface area is 125 Å². The lowest BCUT2D eigenvalue weighted by atomic mass is 9.98. The van der Waals surface area contributed by atoms with E-state index in [4.69, 9.17) is 5.11 Å². The van der Waals surface area contributed by atoms with Crippen LogP contribution < -0.4 is 0 Å². The van der Waals surface area contributed by atoms with E-state index < -0.39 is 37.1 Å². The van der Waals surface area contributed by atoms with Crippen molar-refractivity contribution >= 4 is 11.9 Å². The molecule has 6 nitrogen and oxygen atoms in total. The fourth-order valence-electron chi connectivity index (χ4n) is 2.40. The highest BCUT2D eigenvalue weighted by atomic mass is 19.4. The van der Waals surface area contributed by atoms with Crippen molar-refractivity contribution in [2.75, 3.05) is 13.6 Å². The van der Waals surface area contributed by atoms with Crippen LogP contribution in [-0.4, -0.2) is 51.4 Å². The van der Waals surface area contributed by atoms with Gasteiger partial charge in [0.05, 0.1) is 11.6 Å². The summed E-state index contributed by atoms with van der Waals surface area (Å²) < 4.78 is 38.3. The van der Waals surface area contributed by atoms with Crippen molar-refractivity contribution in [1.29, 1.82) is 0 Å². The summed E-state index contributed by atoms with van der Waals surface area (Å²) in [7, 11) is 1.33. The minimum absolute atomic E-state index is 0.249. The molecule has 0 saturated carbocycles. The van der Waals surface area contributed by atoms with Crippen molar-refractivity contribution in [3.05, 3.63) is 17.0 Å². The van der Waals surface area contributed by atoms with E-state index in [1.807, 2.05) is 0 Å². The lowest BCUT2D eigenvalue weighted by Crippen LogP contribution is -2.35. The third-order valence-corrected chi connectivity index (χ3v) is 3.32. The van der Waals surface area contributed by atoms with Crippen LogP contribution in [0, 0.1) is 13.8 Å². The Hall–Kier alpha value is -2.06. The third kappa shape index (κ3) is 4.22. The number of hydrogen-bond acceptors (Lipinski definition) is 3. The first kappa shape index (κ1) is 18.0. The van der Waals surface area contributed by atoms with Gasteiger partial charge in [-0.3, -0.25) is 14.3 Å². The smallest absolute Gasteiger partial charge is 0.408 e. The number of alkyl halides is 3. The first-order valence-corrected chi connectivity index (χ1v) is 6.51. The Morgan fingerprint density at radius 3 is 2.36 bits per heavy atom. The van der Waals surface area contributed by atoms with E-state index in [1.54, 1.807) is 0 Å². The molecule has 0 aliphatic heterocycles. The first-order chi connectivity index (χ1) is 9.94. The number of aliphatic carboxylic acids is 1. The van der Waals surface area contributed by atoms with Crippen LogP contribution in [-0.2, 0) is 16.1 Å². The maximum absolute atomic E-state index is 12.5. The van der Waals surface area contributed by atoms with Crippen molar-refractivity contribution in [2.24, 2.45) is 0 Å². The minimum atomic E-state index is -4.41. The van der Waals surface area contributed by atoms with Crippen molar-refractivity contribution in [1.82, 2.24) is 14.7 Å². The zero-order chi connectivity index (χ0) is 17.2. The van der Waals surface area contributed by atoms with Crippen molar-refractivity contribution in [3.8, 4) is 0 Å². The van der Waals surface area contributed by atoms with Gasteiger partial charge in [0.15, 0.2) is 0 Å². The van der Waals surface area contributed by atoms with Gasteiger partial charge in [-0.2, -0.15) is 18.3 Å². The molecule has 1 unspecified atom stereocenters. The number of aryl methyl sites for hydroxylation is 1. The molecule has 0 saturated heterocycles.